The third kappa shape index (κ3) is 2.19. The SMILES string of the molecule is Cc1nc(C)n(-c2ccc(C(N)=S)cc2C)n1. The zero-order valence-electron chi connectivity index (χ0n) is 10.1. The van der Waals surface area contributed by atoms with E-state index in [1.807, 2.05) is 43.7 Å². The average molecular weight is 246 g/mol. The Kier molecular flexibility index (Phi) is 2.93. The van der Waals surface area contributed by atoms with E-state index in [1.54, 1.807) is 0 Å². The number of aromatic nitrogens is 3. The first-order valence-electron chi connectivity index (χ1n) is 5.30. The molecule has 0 aliphatic carbocycles. The fraction of sp³-hybridized carbons (Fsp3) is 0.250. The van der Waals surface area contributed by atoms with E-state index in [2.05, 4.69) is 10.1 Å². The lowest BCUT2D eigenvalue weighted by molar-refractivity contribution is 0.825. The van der Waals surface area contributed by atoms with E-state index >= 15 is 0 Å². The van der Waals surface area contributed by atoms with Crippen molar-refractivity contribution in [2.75, 3.05) is 0 Å². The maximum Gasteiger partial charge on any atom is 0.148 e. The Hall–Kier alpha value is -1.75. The van der Waals surface area contributed by atoms with Gasteiger partial charge in [-0.1, -0.05) is 12.2 Å². The summed E-state index contributed by atoms with van der Waals surface area (Å²) in [6.45, 7) is 5.82. The second-order valence-electron chi connectivity index (χ2n) is 3.98. The molecule has 2 rings (SSSR count). The lowest BCUT2D eigenvalue weighted by Crippen LogP contribution is -2.10. The fourth-order valence-electron chi connectivity index (χ4n) is 1.80. The topological polar surface area (TPSA) is 56.7 Å². The van der Waals surface area contributed by atoms with Gasteiger partial charge in [0, 0.05) is 5.56 Å². The second kappa shape index (κ2) is 4.25. The highest BCUT2D eigenvalue weighted by Crippen LogP contribution is 2.16. The van der Waals surface area contributed by atoms with Crippen LogP contribution >= 0.6 is 12.2 Å². The number of hydrogen-bond acceptors (Lipinski definition) is 3. The van der Waals surface area contributed by atoms with Crippen molar-refractivity contribution in [2.45, 2.75) is 20.8 Å². The first-order chi connectivity index (χ1) is 7.99. The van der Waals surface area contributed by atoms with Crippen LogP contribution in [0.2, 0.25) is 0 Å². The zero-order chi connectivity index (χ0) is 12.6. The van der Waals surface area contributed by atoms with Crippen LogP contribution in [-0.4, -0.2) is 19.8 Å². The largest absolute Gasteiger partial charge is 0.389 e. The van der Waals surface area contributed by atoms with Crippen molar-refractivity contribution in [1.29, 1.82) is 0 Å². The second-order valence-corrected chi connectivity index (χ2v) is 4.42. The van der Waals surface area contributed by atoms with Crippen molar-refractivity contribution in [3.05, 3.63) is 41.0 Å². The molecule has 17 heavy (non-hydrogen) atoms. The van der Waals surface area contributed by atoms with Crippen LogP contribution in [0.5, 0.6) is 0 Å². The third-order valence-electron chi connectivity index (χ3n) is 2.58. The highest BCUT2D eigenvalue weighted by molar-refractivity contribution is 7.80. The maximum atomic E-state index is 5.60. The monoisotopic (exact) mass is 246 g/mol. The van der Waals surface area contributed by atoms with Crippen LogP contribution in [0.4, 0.5) is 0 Å². The maximum absolute atomic E-state index is 5.60. The summed E-state index contributed by atoms with van der Waals surface area (Å²) in [5.74, 6) is 1.63. The molecule has 1 heterocycles. The number of nitrogens with two attached hydrogens (primary N) is 1. The molecular weight excluding hydrogens is 232 g/mol. The first kappa shape index (κ1) is 11.7. The van der Waals surface area contributed by atoms with E-state index in [-0.39, 0.29) is 0 Å². The van der Waals surface area contributed by atoms with Gasteiger partial charge in [0.25, 0.3) is 0 Å². The number of benzene rings is 1. The molecule has 2 N–H and O–H groups in total. The molecule has 0 bridgehead atoms. The molecule has 0 fully saturated rings. The predicted octanol–water partition coefficient (Wildman–Crippen LogP) is 1.83. The number of nitrogens with zero attached hydrogens (tertiary/aromatic N) is 3. The quantitative estimate of drug-likeness (QED) is 0.821. The van der Waals surface area contributed by atoms with E-state index in [0.717, 1.165) is 28.5 Å². The molecule has 5 heteroatoms. The van der Waals surface area contributed by atoms with Gasteiger partial charge in [0.2, 0.25) is 0 Å². The third-order valence-corrected chi connectivity index (χ3v) is 2.82. The standard InChI is InChI=1S/C12H14N4S/c1-7-6-10(12(13)17)4-5-11(7)16-9(3)14-8(2)15-16/h4-6H,1-3H3,(H2,13,17). The Bertz CT molecular complexity index is 586. The molecule has 1 aromatic heterocycles. The summed E-state index contributed by atoms with van der Waals surface area (Å²) < 4.78 is 1.83. The van der Waals surface area contributed by atoms with Gasteiger partial charge < -0.3 is 5.73 Å². The Labute approximate surface area is 105 Å². The van der Waals surface area contributed by atoms with Crippen molar-refractivity contribution < 1.29 is 0 Å². The van der Waals surface area contributed by atoms with Crippen LogP contribution in [0.15, 0.2) is 18.2 Å². The van der Waals surface area contributed by atoms with Gasteiger partial charge in [-0.25, -0.2) is 9.67 Å². The molecule has 0 aliphatic rings. The van der Waals surface area contributed by atoms with Crippen LogP contribution < -0.4 is 5.73 Å². The van der Waals surface area contributed by atoms with Crippen LogP contribution in [-0.2, 0) is 0 Å². The van der Waals surface area contributed by atoms with Gasteiger partial charge in [-0.3, -0.25) is 0 Å². The molecule has 88 valence electrons. The molecule has 1 aromatic carbocycles. The molecule has 0 spiro atoms. The van der Waals surface area contributed by atoms with Crippen molar-refractivity contribution in [1.82, 2.24) is 14.8 Å². The summed E-state index contributed by atoms with van der Waals surface area (Å²) in [7, 11) is 0. The molecule has 0 saturated heterocycles. The first-order valence-corrected chi connectivity index (χ1v) is 5.71. The fourth-order valence-corrected chi connectivity index (χ4v) is 1.92. The molecule has 4 nitrogen and oxygen atoms in total. The minimum absolute atomic E-state index is 0.408. The molecule has 2 aromatic rings. The minimum Gasteiger partial charge on any atom is -0.389 e. The summed E-state index contributed by atoms with van der Waals surface area (Å²) in [4.78, 5) is 4.70. The van der Waals surface area contributed by atoms with Gasteiger partial charge in [-0.15, -0.1) is 0 Å². The van der Waals surface area contributed by atoms with Gasteiger partial charge in [-0.05, 0) is 44.5 Å². The number of hydrogen-bond donors (Lipinski definition) is 1. The summed E-state index contributed by atoms with van der Waals surface area (Å²) in [6, 6.07) is 5.83. The number of rotatable bonds is 2. The van der Waals surface area contributed by atoms with Crippen LogP contribution in [0, 0.1) is 20.8 Å². The predicted molar refractivity (Wildman–Crippen MR) is 71.5 cm³/mol. The Morgan fingerprint density at radius 1 is 1.29 bits per heavy atom. The highest BCUT2D eigenvalue weighted by atomic mass is 32.1. The van der Waals surface area contributed by atoms with E-state index in [1.165, 1.54) is 0 Å². The zero-order valence-corrected chi connectivity index (χ0v) is 10.9. The normalized spacial score (nSPS) is 10.5. The Balaban J connectivity index is 2.54. The smallest absolute Gasteiger partial charge is 0.148 e. The summed E-state index contributed by atoms with van der Waals surface area (Å²) in [6.07, 6.45) is 0. The Morgan fingerprint density at radius 3 is 2.47 bits per heavy atom. The van der Waals surface area contributed by atoms with Crippen molar-refractivity contribution in [3.63, 3.8) is 0 Å². The molecule has 0 amide bonds. The molecule has 0 radical (unpaired) electrons. The number of aryl methyl sites for hydroxylation is 3. The van der Waals surface area contributed by atoms with Gasteiger partial charge >= 0.3 is 0 Å². The van der Waals surface area contributed by atoms with E-state index in [4.69, 9.17) is 18.0 Å². The molecule has 0 unspecified atom stereocenters. The van der Waals surface area contributed by atoms with Gasteiger partial charge in [0.05, 0.1) is 5.69 Å². The lowest BCUT2D eigenvalue weighted by atomic mass is 10.1. The molecule has 0 atom stereocenters. The summed E-state index contributed by atoms with van der Waals surface area (Å²) in [5.41, 5.74) is 8.55. The Morgan fingerprint density at radius 2 is 2.00 bits per heavy atom. The van der Waals surface area contributed by atoms with Crippen LogP contribution in [0.3, 0.4) is 0 Å². The van der Waals surface area contributed by atoms with Crippen LogP contribution in [0.1, 0.15) is 22.8 Å². The number of thiocarbonyl (C=S) groups is 1. The average Bonchev–Trinajstić information content (AvgIpc) is 2.57. The van der Waals surface area contributed by atoms with E-state index in [9.17, 15) is 0 Å². The van der Waals surface area contributed by atoms with E-state index < -0.39 is 0 Å². The molecule has 0 saturated carbocycles. The van der Waals surface area contributed by atoms with Gasteiger partial charge in [0.1, 0.15) is 16.6 Å². The van der Waals surface area contributed by atoms with Gasteiger partial charge in [-0.2, -0.15) is 5.10 Å². The van der Waals surface area contributed by atoms with Crippen LogP contribution in [0.25, 0.3) is 5.69 Å². The highest BCUT2D eigenvalue weighted by Gasteiger charge is 2.08. The van der Waals surface area contributed by atoms with E-state index in [0.29, 0.717) is 4.99 Å². The van der Waals surface area contributed by atoms with Crippen molar-refractivity contribution in [3.8, 4) is 5.69 Å². The molecular formula is C12H14N4S. The van der Waals surface area contributed by atoms with Gasteiger partial charge in [0.15, 0.2) is 0 Å². The minimum atomic E-state index is 0.408. The van der Waals surface area contributed by atoms with Crippen molar-refractivity contribution in [2.24, 2.45) is 5.73 Å². The molecule has 0 aliphatic heterocycles. The lowest BCUT2D eigenvalue weighted by Gasteiger charge is -2.08. The summed E-state index contributed by atoms with van der Waals surface area (Å²) in [5, 5.41) is 4.36. The summed E-state index contributed by atoms with van der Waals surface area (Å²) >= 11 is 4.95. The van der Waals surface area contributed by atoms with Crippen molar-refractivity contribution >= 4 is 17.2 Å².